The van der Waals surface area contributed by atoms with Crippen molar-refractivity contribution in [2.24, 2.45) is 0 Å². The minimum absolute atomic E-state index is 0.0760. The lowest BCUT2D eigenvalue weighted by atomic mass is 10.1. The number of rotatable bonds is 7. The average molecular weight is 401 g/mol. The summed E-state index contributed by atoms with van der Waals surface area (Å²) in [6.45, 7) is -0.248. The lowest BCUT2D eigenvalue weighted by Gasteiger charge is -2.08. The quantitative estimate of drug-likeness (QED) is 0.581. The van der Waals surface area contributed by atoms with Crippen molar-refractivity contribution in [1.82, 2.24) is 15.0 Å². The molecule has 8 nitrogen and oxygen atoms in total. The predicted molar refractivity (Wildman–Crippen MR) is 100 cm³/mol. The second-order valence-electron chi connectivity index (χ2n) is 5.87. The number of aromatic nitrogens is 3. The number of halogens is 2. The number of nitrogen functional groups attached to an aromatic ring is 1. The molecule has 0 unspecified atom stereocenters. The molecule has 0 aliphatic carbocycles. The zero-order valence-electron chi connectivity index (χ0n) is 15.4. The zero-order valence-corrected chi connectivity index (χ0v) is 15.4. The van der Waals surface area contributed by atoms with Gasteiger partial charge in [0.1, 0.15) is 5.82 Å². The number of carbonyl (C=O) groups excluding carboxylic acids is 1. The molecular formula is C19H17F2N5O3. The van der Waals surface area contributed by atoms with E-state index in [4.69, 9.17) is 15.2 Å². The Balaban J connectivity index is 1.61. The van der Waals surface area contributed by atoms with Crippen molar-refractivity contribution >= 4 is 23.6 Å². The molecule has 3 rings (SSSR count). The maximum Gasteiger partial charge on any atom is 0.310 e. The molecule has 0 fully saturated rings. The van der Waals surface area contributed by atoms with Crippen molar-refractivity contribution in [3.05, 3.63) is 65.5 Å². The molecule has 0 amide bonds. The fraction of sp³-hybridized carbons (Fsp3) is 0.158. The van der Waals surface area contributed by atoms with E-state index in [2.05, 4.69) is 20.3 Å². The van der Waals surface area contributed by atoms with Crippen LogP contribution in [0, 0.1) is 11.6 Å². The third kappa shape index (κ3) is 5.58. The van der Waals surface area contributed by atoms with Gasteiger partial charge in [0.2, 0.25) is 11.9 Å². The summed E-state index contributed by atoms with van der Waals surface area (Å²) >= 11 is 0. The third-order valence-corrected chi connectivity index (χ3v) is 3.73. The van der Waals surface area contributed by atoms with Crippen LogP contribution in [0.4, 0.5) is 26.4 Å². The van der Waals surface area contributed by atoms with Gasteiger partial charge in [-0.15, -0.1) is 0 Å². The van der Waals surface area contributed by atoms with Crippen LogP contribution in [0.5, 0.6) is 5.75 Å². The molecule has 2 aromatic carbocycles. The second-order valence-corrected chi connectivity index (χ2v) is 5.87. The Bertz CT molecular complexity index is 1020. The van der Waals surface area contributed by atoms with Crippen LogP contribution < -0.4 is 15.8 Å². The Morgan fingerprint density at radius 3 is 2.55 bits per heavy atom. The summed E-state index contributed by atoms with van der Waals surface area (Å²) in [7, 11) is 1.35. The molecule has 0 atom stereocenters. The molecule has 0 saturated carbocycles. The molecule has 0 bridgehead atoms. The van der Waals surface area contributed by atoms with E-state index in [-0.39, 0.29) is 42.3 Å². The summed E-state index contributed by atoms with van der Waals surface area (Å²) in [5.74, 6) is -1.29. The molecule has 3 aromatic rings. The Labute approximate surface area is 164 Å². The van der Waals surface area contributed by atoms with Gasteiger partial charge in [-0.2, -0.15) is 15.0 Å². The number of hydrogen-bond donors (Lipinski definition) is 2. The van der Waals surface area contributed by atoms with E-state index < -0.39 is 11.8 Å². The summed E-state index contributed by atoms with van der Waals surface area (Å²) in [5, 5.41) is 2.85. The first kappa shape index (κ1) is 19.9. The summed E-state index contributed by atoms with van der Waals surface area (Å²) < 4.78 is 36.6. The van der Waals surface area contributed by atoms with Crippen molar-refractivity contribution in [3.63, 3.8) is 0 Å². The Kier molecular flexibility index (Phi) is 6.12. The number of carbonyl (C=O) groups is 1. The smallest absolute Gasteiger partial charge is 0.310 e. The fourth-order valence-electron chi connectivity index (χ4n) is 2.40. The highest BCUT2D eigenvalue weighted by molar-refractivity contribution is 5.72. The number of nitrogens with zero attached hydrogens (tertiary/aromatic N) is 3. The highest BCUT2D eigenvalue weighted by atomic mass is 19.1. The van der Waals surface area contributed by atoms with E-state index in [1.807, 2.05) is 0 Å². The fourth-order valence-corrected chi connectivity index (χ4v) is 2.40. The van der Waals surface area contributed by atoms with Gasteiger partial charge in [-0.1, -0.05) is 6.07 Å². The van der Waals surface area contributed by atoms with Crippen molar-refractivity contribution in [1.29, 1.82) is 0 Å². The van der Waals surface area contributed by atoms with Gasteiger partial charge in [0.25, 0.3) is 0 Å². The number of ether oxygens (including phenoxy) is 2. The summed E-state index contributed by atoms with van der Waals surface area (Å²) in [4.78, 5) is 24.0. The Morgan fingerprint density at radius 2 is 1.86 bits per heavy atom. The molecule has 1 aromatic heterocycles. The molecule has 0 aliphatic heterocycles. The van der Waals surface area contributed by atoms with Crippen molar-refractivity contribution in [2.45, 2.75) is 13.0 Å². The normalized spacial score (nSPS) is 10.4. The third-order valence-electron chi connectivity index (χ3n) is 3.73. The van der Waals surface area contributed by atoms with E-state index in [0.717, 1.165) is 0 Å². The molecule has 0 radical (unpaired) electrons. The van der Waals surface area contributed by atoms with E-state index in [1.165, 1.54) is 43.5 Å². The second kappa shape index (κ2) is 8.91. The van der Waals surface area contributed by atoms with Crippen LogP contribution in [0.3, 0.4) is 0 Å². The van der Waals surface area contributed by atoms with Crippen LogP contribution in [0.2, 0.25) is 0 Å². The van der Waals surface area contributed by atoms with Gasteiger partial charge < -0.3 is 20.5 Å². The van der Waals surface area contributed by atoms with Crippen LogP contribution in [0.15, 0.2) is 42.5 Å². The molecule has 150 valence electrons. The molecule has 1 heterocycles. The SMILES string of the molecule is COc1ccc(CC(=O)OCc2nc(N)nc(Nc3ccc(F)cc3)n2)cc1F. The van der Waals surface area contributed by atoms with Gasteiger partial charge in [0.15, 0.2) is 24.0 Å². The summed E-state index contributed by atoms with van der Waals surface area (Å²) in [5.41, 5.74) is 6.63. The van der Waals surface area contributed by atoms with E-state index in [9.17, 15) is 13.6 Å². The average Bonchev–Trinajstić information content (AvgIpc) is 2.68. The molecule has 29 heavy (non-hydrogen) atoms. The first-order valence-corrected chi connectivity index (χ1v) is 8.44. The Morgan fingerprint density at radius 1 is 1.10 bits per heavy atom. The van der Waals surface area contributed by atoms with Crippen LogP contribution in [0.1, 0.15) is 11.4 Å². The topological polar surface area (TPSA) is 112 Å². The van der Waals surface area contributed by atoms with Crippen molar-refractivity contribution in [2.75, 3.05) is 18.2 Å². The van der Waals surface area contributed by atoms with E-state index >= 15 is 0 Å². The number of esters is 1. The van der Waals surface area contributed by atoms with E-state index in [0.29, 0.717) is 11.3 Å². The van der Waals surface area contributed by atoms with Gasteiger partial charge >= 0.3 is 5.97 Å². The van der Waals surface area contributed by atoms with Crippen LogP contribution in [-0.2, 0) is 22.6 Å². The lowest BCUT2D eigenvalue weighted by molar-refractivity contribution is -0.144. The van der Waals surface area contributed by atoms with Gasteiger partial charge in [0.05, 0.1) is 13.5 Å². The highest BCUT2D eigenvalue weighted by Gasteiger charge is 2.11. The zero-order chi connectivity index (χ0) is 20.8. The number of nitrogens with one attached hydrogen (secondary N) is 1. The van der Waals surface area contributed by atoms with Crippen LogP contribution in [-0.4, -0.2) is 28.0 Å². The summed E-state index contributed by atoms with van der Waals surface area (Å²) in [6.07, 6.45) is -0.137. The molecule has 3 N–H and O–H groups in total. The van der Waals surface area contributed by atoms with Crippen LogP contribution in [0.25, 0.3) is 0 Å². The number of nitrogens with two attached hydrogens (primary N) is 1. The Hall–Kier alpha value is -3.82. The maximum absolute atomic E-state index is 13.7. The van der Waals surface area contributed by atoms with Crippen molar-refractivity contribution in [3.8, 4) is 5.75 Å². The molecule has 0 spiro atoms. The van der Waals surface area contributed by atoms with Crippen molar-refractivity contribution < 1.29 is 23.0 Å². The number of benzene rings is 2. The first-order valence-electron chi connectivity index (χ1n) is 8.44. The number of methoxy groups -OCH3 is 1. The highest BCUT2D eigenvalue weighted by Crippen LogP contribution is 2.18. The van der Waals surface area contributed by atoms with Gasteiger partial charge in [-0.05, 0) is 42.0 Å². The number of hydrogen-bond acceptors (Lipinski definition) is 8. The predicted octanol–water partition coefficient (Wildman–Crippen LogP) is 2.77. The molecule has 0 aliphatic rings. The monoisotopic (exact) mass is 401 g/mol. The molecule has 0 saturated heterocycles. The number of anilines is 3. The largest absolute Gasteiger partial charge is 0.494 e. The maximum atomic E-state index is 13.7. The molecular weight excluding hydrogens is 384 g/mol. The molecule has 10 heteroatoms. The van der Waals surface area contributed by atoms with Crippen LogP contribution >= 0.6 is 0 Å². The first-order chi connectivity index (χ1) is 13.9. The van der Waals surface area contributed by atoms with Gasteiger partial charge in [0, 0.05) is 5.69 Å². The van der Waals surface area contributed by atoms with Gasteiger partial charge in [-0.3, -0.25) is 4.79 Å². The summed E-state index contributed by atoms with van der Waals surface area (Å²) in [6, 6.07) is 9.75. The van der Waals surface area contributed by atoms with E-state index in [1.54, 1.807) is 6.07 Å². The lowest BCUT2D eigenvalue weighted by Crippen LogP contribution is -2.12. The minimum atomic E-state index is -0.596. The van der Waals surface area contributed by atoms with Gasteiger partial charge in [-0.25, -0.2) is 8.78 Å². The minimum Gasteiger partial charge on any atom is -0.494 e. The standard InChI is InChI=1S/C19H17F2N5O3/c1-28-15-7-2-11(8-14(15)21)9-17(27)29-10-16-24-18(22)26-19(25-16)23-13-5-3-12(20)4-6-13/h2-8H,9-10H2,1H3,(H3,22,23,24,25,26).